The summed E-state index contributed by atoms with van der Waals surface area (Å²) in [5.74, 6) is -2.02. The molecule has 1 rings (SSSR count). The van der Waals surface area contributed by atoms with Crippen molar-refractivity contribution < 1.29 is 24.4 Å². The first-order chi connectivity index (χ1) is 12.2. The number of carboxylic acid groups (broad SMARTS) is 1. The number of carbonyl (C=O) groups excluding carboxylic acids is 2. The lowest BCUT2D eigenvalue weighted by molar-refractivity contribution is -0.384. The molecule has 0 fully saturated rings. The zero-order chi connectivity index (χ0) is 19.7. The van der Waals surface area contributed by atoms with E-state index in [9.17, 15) is 24.5 Å². The Labute approximate surface area is 149 Å². The third kappa shape index (κ3) is 6.85. The molecule has 0 aliphatic heterocycles. The Bertz CT molecular complexity index is 661. The van der Waals surface area contributed by atoms with Crippen LogP contribution >= 0.6 is 0 Å². The van der Waals surface area contributed by atoms with E-state index >= 15 is 0 Å². The van der Waals surface area contributed by atoms with Crippen molar-refractivity contribution in [3.05, 3.63) is 39.9 Å². The number of hydrogen-bond donors (Lipinski definition) is 4. The van der Waals surface area contributed by atoms with Crippen LogP contribution < -0.4 is 16.4 Å². The quantitative estimate of drug-likeness (QED) is 0.264. The minimum atomic E-state index is -1.14. The van der Waals surface area contributed by atoms with Crippen LogP contribution in [-0.2, 0) is 9.59 Å². The molecule has 0 saturated heterocycles. The van der Waals surface area contributed by atoms with Gasteiger partial charge in [-0.05, 0) is 38.3 Å². The lowest BCUT2D eigenvalue weighted by Crippen LogP contribution is -2.47. The van der Waals surface area contributed by atoms with Gasteiger partial charge >= 0.3 is 5.97 Å². The Morgan fingerprint density at radius 2 is 1.85 bits per heavy atom. The number of carboxylic acids is 1. The van der Waals surface area contributed by atoms with Crippen molar-refractivity contribution in [3.63, 3.8) is 0 Å². The molecule has 10 nitrogen and oxygen atoms in total. The SMILES string of the molecule is C[C@H](NC(=O)[C@@H](N)CCCCNC(=O)c1ccc([N+](=O)[O-])cc1)C(=O)O. The Morgan fingerprint density at radius 3 is 2.38 bits per heavy atom. The fourth-order valence-electron chi connectivity index (χ4n) is 2.04. The molecule has 0 saturated carbocycles. The van der Waals surface area contributed by atoms with Crippen LogP contribution in [0, 0.1) is 10.1 Å². The fourth-order valence-corrected chi connectivity index (χ4v) is 2.04. The minimum absolute atomic E-state index is 0.0916. The molecule has 0 unspecified atom stereocenters. The lowest BCUT2D eigenvalue weighted by atomic mass is 10.1. The maximum Gasteiger partial charge on any atom is 0.325 e. The molecule has 2 atom stereocenters. The van der Waals surface area contributed by atoms with Gasteiger partial charge in [-0.15, -0.1) is 0 Å². The van der Waals surface area contributed by atoms with E-state index in [2.05, 4.69) is 10.6 Å². The summed E-state index contributed by atoms with van der Waals surface area (Å²) in [6.45, 7) is 1.70. The van der Waals surface area contributed by atoms with Gasteiger partial charge in [-0.2, -0.15) is 0 Å². The first-order valence-electron chi connectivity index (χ1n) is 8.03. The number of unbranched alkanes of at least 4 members (excludes halogenated alkanes) is 1. The molecule has 10 heteroatoms. The maximum atomic E-state index is 11.9. The largest absolute Gasteiger partial charge is 0.480 e. The van der Waals surface area contributed by atoms with Crippen molar-refractivity contribution in [2.75, 3.05) is 6.54 Å². The molecule has 0 aliphatic carbocycles. The average molecular weight is 366 g/mol. The highest BCUT2D eigenvalue weighted by Gasteiger charge is 2.19. The molecule has 0 radical (unpaired) electrons. The second kappa shape index (κ2) is 10.1. The smallest absolute Gasteiger partial charge is 0.325 e. The van der Waals surface area contributed by atoms with E-state index in [1.807, 2.05) is 0 Å². The number of nitrogens with one attached hydrogen (secondary N) is 2. The molecular weight excluding hydrogens is 344 g/mol. The number of carbonyl (C=O) groups is 3. The van der Waals surface area contributed by atoms with Gasteiger partial charge in [0.1, 0.15) is 6.04 Å². The molecule has 26 heavy (non-hydrogen) atoms. The molecule has 0 aromatic heterocycles. The van der Waals surface area contributed by atoms with E-state index in [-0.39, 0.29) is 11.6 Å². The van der Waals surface area contributed by atoms with Gasteiger partial charge in [0.05, 0.1) is 11.0 Å². The molecule has 0 spiro atoms. The lowest BCUT2D eigenvalue weighted by Gasteiger charge is -2.14. The molecule has 0 bridgehead atoms. The minimum Gasteiger partial charge on any atom is -0.480 e. The van der Waals surface area contributed by atoms with Gasteiger partial charge in [-0.3, -0.25) is 24.5 Å². The third-order valence-electron chi connectivity index (χ3n) is 3.63. The van der Waals surface area contributed by atoms with Gasteiger partial charge in [0.15, 0.2) is 0 Å². The standard InChI is InChI=1S/C16H22N4O6/c1-10(16(23)24)19-15(22)13(17)4-2-3-9-18-14(21)11-5-7-12(8-6-11)20(25)26/h5-8,10,13H,2-4,9,17H2,1H3,(H,18,21)(H,19,22)(H,23,24)/t10-,13-/m0/s1. The summed E-state index contributed by atoms with van der Waals surface area (Å²) in [7, 11) is 0. The van der Waals surface area contributed by atoms with Gasteiger partial charge in [-0.25, -0.2) is 0 Å². The fraction of sp³-hybridized carbons (Fsp3) is 0.438. The van der Waals surface area contributed by atoms with E-state index in [1.54, 1.807) is 0 Å². The number of aliphatic carboxylic acids is 1. The van der Waals surface area contributed by atoms with E-state index in [0.717, 1.165) is 0 Å². The van der Waals surface area contributed by atoms with Crippen molar-refractivity contribution in [3.8, 4) is 0 Å². The summed E-state index contributed by atoms with van der Waals surface area (Å²) in [5, 5.41) is 24.2. The predicted molar refractivity (Wildman–Crippen MR) is 92.5 cm³/mol. The third-order valence-corrected chi connectivity index (χ3v) is 3.63. The van der Waals surface area contributed by atoms with Gasteiger partial charge in [0, 0.05) is 24.2 Å². The second-order valence-corrected chi connectivity index (χ2v) is 5.73. The van der Waals surface area contributed by atoms with Crippen LogP contribution in [0.2, 0.25) is 0 Å². The Balaban J connectivity index is 2.27. The molecule has 1 aromatic rings. The van der Waals surface area contributed by atoms with Crippen LogP contribution in [0.3, 0.4) is 0 Å². The highest BCUT2D eigenvalue weighted by molar-refractivity contribution is 5.94. The molecule has 5 N–H and O–H groups in total. The summed E-state index contributed by atoms with van der Waals surface area (Å²) in [5.41, 5.74) is 5.91. The van der Waals surface area contributed by atoms with Gasteiger partial charge in [0.25, 0.3) is 11.6 Å². The van der Waals surface area contributed by atoms with E-state index in [4.69, 9.17) is 10.8 Å². The zero-order valence-corrected chi connectivity index (χ0v) is 14.3. The maximum absolute atomic E-state index is 11.9. The van der Waals surface area contributed by atoms with Crippen molar-refractivity contribution in [2.24, 2.45) is 5.73 Å². The van der Waals surface area contributed by atoms with E-state index in [0.29, 0.717) is 31.4 Å². The van der Waals surface area contributed by atoms with Crippen molar-refractivity contribution in [2.45, 2.75) is 38.3 Å². The number of hydrogen-bond acceptors (Lipinski definition) is 6. The number of rotatable bonds is 10. The first-order valence-corrected chi connectivity index (χ1v) is 8.03. The Morgan fingerprint density at radius 1 is 1.23 bits per heavy atom. The molecule has 1 aromatic carbocycles. The van der Waals surface area contributed by atoms with Gasteiger partial charge < -0.3 is 21.5 Å². The molecule has 142 valence electrons. The number of nitro groups is 1. The molecular formula is C16H22N4O6. The monoisotopic (exact) mass is 366 g/mol. The summed E-state index contributed by atoms with van der Waals surface area (Å²) < 4.78 is 0. The highest BCUT2D eigenvalue weighted by atomic mass is 16.6. The van der Waals surface area contributed by atoms with E-state index in [1.165, 1.54) is 31.2 Å². The van der Waals surface area contributed by atoms with Gasteiger partial charge in [-0.1, -0.05) is 0 Å². The molecule has 0 heterocycles. The number of nitrogens with zero attached hydrogens (tertiary/aromatic N) is 1. The van der Waals surface area contributed by atoms with Crippen LogP contribution in [0.5, 0.6) is 0 Å². The van der Waals surface area contributed by atoms with Gasteiger partial charge in [0.2, 0.25) is 5.91 Å². The number of benzene rings is 1. The Hall–Kier alpha value is -3.01. The first kappa shape index (κ1) is 21.0. The van der Waals surface area contributed by atoms with Crippen molar-refractivity contribution in [1.82, 2.24) is 10.6 Å². The number of amides is 2. The zero-order valence-electron chi connectivity index (χ0n) is 14.3. The topological polar surface area (TPSA) is 165 Å². The second-order valence-electron chi connectivity index (χ2n) is 5.73. The molecule has 2 amide bonds. The summed E-state index contributed by atoms with van der Waals surface area (Å²) in [4.78, 5) is 44.2. The predicted octanol–water partition coefficient (Wildman–Crippen LogP) is 0.412. The van der Waals surface area contributed by atoms with Crippen LogP contribution in [0.15, 0.2) is 24.3 Å². The van der Waals surface area contributed by atoms with Crippen molar-refractivity contribution >= 4 is 23.5 Å². The van der Waals surface area contributed by atoms with Crippen molar-refractivity contribution in [1.29, 1.82) is 0 Å². The number of nitrogens with two attached hydrogens (primary N) is 1. The van der Waals surface area contributed by atoms with Crippen LogP contribution in [0.4, 0.5) is 5.69 Å². The highest BCUT2D eigenvalue weighted by Crippen LogP contribution is 2.11. The van der Waals surface area contributed by atoms with Crippen LogP contribution in [0.25, 0.3) is 0 Å². The Kier molecular flexibility index (Phi) is 8.16. The summed E-state index contributed by atoms with van der Waals surface area (Å²) in [6.07, 6.45) is 1.50. The normalized spacial score (nSPS) is 12.7. The average Bonchev–Trinajstić information content (AvgIpc) is 2.60. The van der Waals surface area contributed by atoms with Crippen LogP contribution in [0.1, 0.15) is 36.5 Å². The number of nitro benzene ring substituents is 1. The summed E-state index contributed by atoms with van der Waals surface area (Å²) >= 11 is 0. The summed E-state index contributed by atoms with van der Waals surface area (Å²) in [6, 6.07) is 3.43. The van der Waals surface area contributed by atoms with Crippen LogP contribution in [-0.4, -0.2) is 46.4 Å². The number of non-ortho nitro benzene ring substituents is 1. The van der Waals surface area contributed by atoms with E-state index < -0.39 is 28.9 Å². The molecule has 0 aliphatic rings.